The molecule has 21 heavy (non-hydrogen) atoms. The number of halogens is 2. The van der Waals surface area contributed by atoms with Gasteiger partial charge in [0.15, 0.2) is 0 Å². The number of benzene rings is 1. The van der Waals surface area contributed by atoms with Crippen LogP contribution in [0.4, 0.5) is 5.69 Å². The molecular formula is C15H18Cl2N2O2. The molecule has 1 heterocycles. The highest BCUT2D eigenvalue weighted by Crippen LogP contribution is 2.29. The quantitative estimate of drug-likeness (QED) is 0.803. The number of rotatable bonds is 1. The van der Waals surface area contributed by atoms with Crippen LogP contribution in [-0.4, -0.2) is 29.8 Å². The molecule has 0 saturated carbocycles. The van der Waals surface area contributed by atoms with E-state index in [1.807, 2.05) is 0 Å². The van der Waals surface area contributed by atoms with Crippen molar-refractivity contribution in [2.75, 3.05) is 18.4 Å². The van der Waals surface area contributed by atoms with Crippen molar-refractivity contribution in [3.63, 3.8) is 0 Å². The largest absolute Gasteiger partial charge is 0.334 e. The van der Waals surface area contributed by atoms with Crippen molar-refractivity contribution in [2.45, 2.75) is 20.3 Å². The molecule has 1 saturated heterocycles. The Morgan fingerprint density at radius 1 is 1.19 bits per heavy atom. The molecule has 0 aromatic heterocycles. The molecule has 0 bridgehead atoms. The van der Waals surface area contributed by atoms with Crippen molar-refractivity contribution in [3.05, 3.63) is 28.2 Å². The van der Waals surface area contributed by atoms with E-state index in [4.69, 9.17) is 23.2 Å². The topological polar surface area (TPSA) is 49.4 Å². The maximum atomic E-state index is 12.2. The van der Waals surface area contributed by atoms with E-state index in [1.165, 1.54) is 0 Å². The van der Waals surface area contributed by atoms with Crippen molar-refractivity contribution in [3.8, 4) is 0 Å². The minimum absolute atomic E-state index is 0.237. The standard InChI is InChI=1S/C15H18Cl2N2O2/c1-9-6-10(2)8-19(7-9)15(21)14(20)18-12-5-3-4-11(16)13(12)17/h3-5,9-10H,6-8H2,1-2H3,(H,18,20). The first-order chi connectivity index (χ1) is 9.88. The number of nitrogens with one attached hydrogen (secondary N) is 1. The molecule has 0 radical (unpaired) electrons. The van der Waals surface area contributed by atoms with Crippen molar-refractivity contribution in [1.82, 2.24) is 4.90 Å². The Balaban J connectivity index is 2.06. The van der Waals surface area contributed by atoms with Gasteiger partial charge in [-0.25, -0.2) is 0 Å². The van der Waals surface area contributed by atoms with Crippen LogP contribution in [0.5, 0.6) is 0 Å². The summed E-state index contributed by atoms with van der Waals surface area (Å²) in [5, 5.41) is 3.10. The van der Waals surface area contributed by atoms with Gasteiger partial charge in [0.05, 0.1) is 15.7 Å². The summed E-state index contributed by atoms with van der Waals surface area (Å²) in [4.78, 5) is 25.9. The molecule has 1 aromatic rings. The zero-order valence-corrected chi connectivity index (χ0v) is 13.5. The molecule has 1 aliphatic heterocycles. The Hall–Kier alpha value is -1.26. The van der Waals surface area contributed by atoms with Gasteiger partial charge in [-0.05, 0) is 30.4 Å². The van der Waals surface area contributed by atoms with Crippen LogP contribution in [0.15, 0.2) is 18.2 Å². The summed E-state index contributed by atoms with van der Waals surface area (Å²) >= 11 is 11.9. The highest BCUT2D eigenvalue weighted by Gasteiger charge is 2.29. The van der Waals surface area contributed by atoms with E-state index in [0.29, 0.717) is 35.6 Å². The number of carbonyl (C=O) groups is 2. The Morgan fingerprint density at radius 2 is 1.81 bits per heavy atom. The SMILES string of the molecule is CC1CC(C)CN(C(=O)C(=O)Nc2cccc(Cl)c2Cl)C1. The van der Waals surface area contributed by atoms with Gasteiger partial charge >= 0.3 is 11.8 Å². The molecular weight excluding hydrogens is 311 g/mol. The maximum absolute atomic E-state index is 12.2. The molecule has 1 fully saturated rings. The zero-order chi connectivity index (χ0) is 15.6. The fourth-order valence-electron chi connectivity index (χ4n) is 2.75. The molecule has 2 amide bonds. The van der Waals surface area contributed by atoms with Crippen LogP contribution in [-0.2, 0) is 9.59 Å². The van der Waals surface area contributed by atoms with Crippen molar-refractivity contribution in [2.24, 2.45) is 11.8 Å². The third kappa shape index (κ3) is 3.89. The number of piperidine rings is 1. The predicted molar refractivity (Wildman–Crippen MR) is 84.6 cm³/mol. The van der Waals surface area contributed by atoms with Gasteiger partial charge in [0.25, 0.3) is 0 Å². The Bertz CT molecular complexity index is 553. The van der Waals surface area contributed by atoms with E-state index >= 15 is 0 Å². The van der Waals surface area contributed by atoms with Crippen molar-refractivity contribution >= 4 is 40.7 Å². The maximum Gasteiger partial charge on any atom is 0.313 e. The van der Waals surface area contributed by atoms with Crippen LogP contribution < -0.4 is 5.32 Å². The fraction of sp³-hybridized carbons (Fsp3) is 0.467. The lowest BCUT2D eigenvalue weighted by molar-refractivity contribution is -0.144. The van der Waals surface area contributed by atoms with E-state index in [9.17, 15) is 9.59 Å². The second-order valence-electron chi connectivity index (χ2n) is 5.71. The van der Waals surface area contributed by atoms with Crippen molar-refractivity contribution in [1.29, 1.82) is 0 Å². The molecule has 2 atom stereocenters. The molecule has 2 rings (SSSR count). The smallest absolute Gasteiger partial charge is 0.313 e. The molecule has 1 aromatic carbocycles. The minimum Gasteiger partial charge on any atom is -0.334 e. The highest BCUT2D eigenvalue weighted by molar-refractivity contribution is 6.45. The van der Waals surface area contributed by atoms with Crippen LogP contribution in [0, 0.1) is 11.8 Å². The number of nitrogens with zero attached hydrogens (tertiary/aromatic N) is 1. The van der Waals surface area contributed by atoms with Gasteiger partial charge < -0.3 is 10.2 Å². The highest BCUT2D eigenvalue weighted by atomic mass is 35.5. The molecule has 6 heteroatoms. The Morgan fingerprint density at radius 3 is 2.43 bits per heavy atom. The van der Waals surface area contributed by atoms with Crippen LogP contribution in [0.2, 0.25) is 10.0 Å². The summed E-state index contributed by atoms with van der Waals surface area (Å²) in [5.41, 5.74) is 0.348. The van der Waals surface area contributed by atoms with Crippen LogP contribution in [0.1, 0.15) is 20.3 Å². The lowest BCUT2D eigenvalue weighted by Gasteiger charge is -2.34. The lowest BCUT2D eigenvalue weighted by Crippen LogP contribution is -2.47. The van der Waals surface area contributed by atoms with Gasteiger partial charge in [-0.3, -0.25) is 9.59 Å². The third-order valence-electron chi connectivity index (χ3n) is 3.55. The number of hydrogen-bond donors (Lipinski definition) is 1. The van der Waals surface area contributed by atoms with Gasteiger partial charge in [0, 0.05) is 13.1 Å². The van der Waals surface area contributed by atoms with Crippen LogP contribution >= 0.6 is 23.2 Å². The molecule has 4 nitrogen and oxygen atoms in total. The minimum atomic E-state index is -0.680. The zero-order valence-electron chi connectivity index (χ0n) is 12.0. The summed E-state index contributed by atoms with van der Waals surface area (Å²) in [5.74, 6) is -0.398. The van der Waals surface area contributed by atoms with Crippen LogP contribution in [0.25, 0.3) is 0 Å². The summed E-state index contributed by atoms with van der Waals surface area (Å²) in [6, 6.07) is 4.90. The second-order valence-corrected chi connectivity index (χ2v) is 6.50. The number of amides is 2. The predicted octanol–water partition coefficient (Wildman–Crippen LogP) is 3.44. The number of anilines is 1. The van der Waals surface area contributed by atoms with Crippen molar-refractivity contribution < 1.29 is 9.59 Å². The number of hydrogen-bond acceptors (Lipinski definition) is 2. The Kier molecular flexibility index (Phi) is 5.12. The summed E-state index contributed by atoms with van der Waals surface area (Å²) in [7, 11) is 0. The van der Waals surface area contributed by atoms with Gasteiger partial charge in [0.2, 0.25) is 0 Å². The molecule has 0 spiro atoms. The molecule has 0 aliphatic carbocycles. The first-order valence-electron chi connectivity index (χ1n) is 6.92. The lowest BCUT2D eigenvalue weighted by atomic mass is 9.92. The summed E-state index contributed by atoms with van der Waals surface area (Å²) in [6.45, 7) is 5.39. The van der Waals surface area contributed by atoms with E-state index in [-0.39, 0.29) is 5.02 Å². The van der Waals surface area contributed by atoms with Gasteiger partial charge in [-0.15, -0.1) is 0 Å². The normalized spacial score (nSPS) is 22.0. The monoisotopic (exact) mass is 328 g/mol. The molecule has 1 N–H and O–H groups in total. The number of likely N-dealkylation sites (tertiary alicyclic amines) is 1. The van der Waals surface area contributed by atoms with E-state index in [2.05, 4.69) is 19.2 Å². The average molecular weight is 329 g/mol. The fourth-order valence-corrected chi connectivity index (χ4v) is 3.10. The summed E-state index contributed by atoms with van der Waals surface area (Å²) in [6.07, 6.45) is 1.07. The van der Waals surface area contributed by atoms with Crippen LogP contribution in [0.3, 0.4) is 0 Å². The van der Waals surface area contributed by atoms with Gasteiger partial charge in [0.1, 0.15) is 0 Å². The second kappa shape index (κ2) is 6.67. The van der Waals surface area contributed by atoms with Gasteiger partial charge in [-0.2, -0.15) is 0 Å². The molecule has 1 aliphatic rings. The average Bonchev–Trinajstić information content (AvgIpc) is 2.42. The Labute approximate surface area is 134 Å². The number of carbonyl (C=O) groups excluding carboxylic acids is 2. The van der Waals surface area contributed by atoms with E-state index < -0.39 is 11.8 Å². The molecule has 2 unspecified atom stereocenters. The third-order valence-corrected chi connectivity index (χ3v) is 4.37. The molecule has 114 valence electrons. The first kappa shape index (κ1) is 16.1. The summed E-state index contributed by atoms with van der Waals surface area (Å²) < 4.78 is 0. The van der Waals surface area contributed by atoms with E-state index in [0.717, 1.165) is 6.42 Å². The van der Waals surface area contributed by atoms with E-state index in [1.54, 1.807) is 23.1 Å². The first-order valence-corrected chi connectivity index (χ1v) is 7.68. The van der Waals surface area contributed by atoms with Gasteiger partial charge in [-0.1, -0.05) is 43.1 Å².